The first kappa shape index (κ1) is 5.25. The molecule has 0 heterocycles. The molecule has 0 atom stereocenters. The lowest BCUT2D eigenvalue weighted by Crippen LogP contribution is -1.73. The zero-order valence-corrected chi connectivity index (χ0v) is 3.22. The fraction of sp³-hybridized carbons (Fsp3) is 0.667. The minimum atomic E-state index is -0.0499. The average molecular weight is 87.1 g/mol. The summed E-state index contributed by atoms with van der Waals surface area (Å²) in [6.07, 6.45) is 0.240. The van der Waals surface area contributed by atoms with Gasteiger partial charge in [0.2, 0.25) is 0 Å². The van der Waals surface area contributed by atoms with Gasteiger partial charge in [0.05, 0.1) is 6.61 Å². The van der Waals surface area contributed by atoms with Gasteiger partial charge in [-0.1, -0.05) is 0 Å². The summed E-state index contributed by atoms with van der Waals surface area (Å²) >= 11 is 0. The molecule has 1 N–H and O–H groups in total. The second kappa shape index (κ2) is 4.25. The number of hydrogen-bond donors (Lipinski definition) is 1. The normalized spacial score (nSPS) is 6.17. The van der Waals surface area contributed by atoms with Gasteiger partial charge in [-0.15, -0.1) is 0 Å². The first-order valence-electron chi connectivity index (χ1n) is 1.58. The van der Waals surface area contributed by atoms with Gasteiger partial charge < -0.3 is 10.3 Å². The molecule has 0 amide bonds. The predicted octanol–water partition coefficient (Wildman–Crippen LogP) is 0.200. The van der Waals surface area contributed by atoms with Gasteiger partial charge in [-0.25, -0.2) is 0 Å². The van der Waals surface area contributed by atoms with E-state index in [0.717, 1.165) is 0 Å². The third kappa shape index (κ3) is 3.25. The molecule has 0 aromatic heterocycles. The summed E-state index contributed by atoms with van der Waals surface area (Å²) in [4.78, 5) is 0. The summed E-state index contributed by atoms with van der Waals surface area (Å²) in [6.45, 7) is -0.0499. The van der Waals surface area contributed by atoms with Crippen molar-refractivity contribution in [3.05, 3.63) is 10.2 Å². The Hall–Kier alpha value is -0.750. The smallest absolute Gasteiger partial charge is 0.300 e. The molecule has 34 valence electrons. The fourth-order valence-electron chi connectivity index (χ4n) is 0.0956. The van der Waals surface area contributed by atoms with Crippen LogP contribution < -0.4 is 0 Å². The molecule has 0 rings (SSSR count). The van der Waals surface area contributed by atoms with Crippen LogP contribution in [0.15, 0.2) is 0 Å². The average Bonchev–Trinajstić information content (AvgIpc) is 1.61. The van der Waals surface area contributed by atoms with Crippen molar-refractivity contribution < 1.29 is 5.11 Å². The van der Waals surface area contributed by atoms with Crippen molar-refractivity contribution in [2.75, 3.05) is 6.61 Å². The lowest BCUT2D eigenvalue weighted by atomic mass is 10.5. The van der Waals surface area contributed by atoms with Crippen LogP contribution in [0.1, 0.15) is 6.42 Å². The molecule has 0 aliphatic carbocycles. The van der Waals surface area contributed by atoms with Crippen molar-refractivity contribution in [1.29, 1.82) is 0 Å². The van der Waals surface area contributed by atoms with Crippen LogP contribution in [0.5, 0.6) is 0 Å². The topological polar surface area (TPSA) is 47.6 Å². The summed E-state index contributed by atoms with van der Waals surface area (Å²) in [5.41, 5.74) is 0. The quantitative estimate of drug-likeness (QED) is 0.464. The third-order valence-electron chi connectivity index (χ3n) is 0.288. The van der Waals surface area contributed by atoms with E-state index < -0.39 is 0 Å². The minimum Gasteiger partial charge on any atom is -0.498 e. The SMILES string of the molecule is [O-][N+]#CCCO. The third-order valence-corrected chi connectivity index (χ3v) is 0.288. The van der Waals surface area contributed by atoms with Gasteiger partial charge in [-0.2, -0.15) is 0 Å². The maximum Gasteiger partial charge on any atom is 0.300 e. The molecule has 0 aromatic carbocycles. The Balaban J connectivity index is 2.79. The van der Waals surface area contributed by atoms with Gasteiger partial charge >= 0.3 is 6.07 Å². The van der Waals surface area contributed by atoms with E-state index in [1.807, 2.05) is 6.07 Å². The van der Waals surface area contributed by atoms with Crippen LogP contribution in [0.2, 0.25) is 0 Å². The maximum atomic E-state index is 9.09. The number of aliphatic hydroxyl groups is 1. The summed E-state index contributed by atoms with van der Waals surface area (Å²) in [5.74, 6) is 0. The van der Waals surface area contributed by atoms with Crippen LogP contribution in [0.4, 0.5) is 0 Å². The number of rotatable bonds is 1. The van der Waals surface area contributed by atoms with Crippen molar-refractivity contribution >= 4 is 0 Å². The van der Waals surface area contributed by atoms with E-state index in [0.29, 0.717) is 0 Å². The van der Waals surface area contributed by atoms with E-state index in [1.54, 1.807) is 0 Å². The highest BCUT2D eigenvalue weighted by molar-refractivity contribution is 4.85. The van der Waals surface area contributed by atoms with E-state index >= 15 is 0 Å². The number of aliphatic hydroxyl groups excluding tert-OH is 1. The molecule has 0 fully saturated rings. The van der Waals surface area contributed by atoms with E-state index in [-0.39, 0.29) is 13.0 Å². The summed E-state index contributed by atoms with van der Waals surface area (Å²) in [7, 11) is 0. The number of hydrogen-bond acceptors (Lipinski definition) is 2. The van der Waals surface area contributed by atoms with Crippen molar-refractivity contribution in [3.63, 3.8) is 0 Å². The molecule has 0 bridgehead atoms. The monoisotopic (exact) mass is 87.0 g/mol. The Labute approximate surface area is 35.6 Å². The molecule has 0 saturated carbocycles. The maximum absolute atomic E-state index is 9.09. The molecule has 0 aromatic rings. The van der Waals surface area contributed by atoms with E-state index in [2.05, 4.69) is 5.01 Å². The molecule has 3 nitrogen and oxygen atoms in total. The van der Waals surface area contributed by atoms with Crippen LogP contribution in [-0.2, 0) is 0 Å². The highest BCUT2D eigenvalue weighted by atomic mass is 16.4. The molecular weight excluding hydrogens is 82.0 g/mol. The van der Waals surface area contributed by atoms with Crippen molar-refractivity contribution in [2.24, 2.45) is 0 Å². The Morgan fingerprint density at radius 2 is 2.50 bits per heavy atom. The highest BCUT2D eigenvalue weighted by Gasteiger charge is 1.76. The van der Waals surface area contributed by atoms with Crippen molar-refractivity contribution in [2.45, 2.75) is 6.42 Å². The fourth-order valence-corrected chi connectivity index (χ4v) is 0.0956. The lowest BCUT2D eigenvalue weighted by molar-refractivity contribution is 0.305. The van der Waals surface area contributed by atoms with Crippen LogP contribution in [0.3, 0.4) is 0 Å². The van der Waals surface area contributed by atoms with Crippen LogP contribution in [0.25, 0.3) is 5.01 Å². The van der Waals surface area contributed by atoms with Gasteiger partial charge in [0.25, 0.3) is 0 Å². The van der Waals surface area contributed by atoms with Crippen LogP contribution in [0, 0.1) is 11.3 Å². The standard InChI is InChI=1S/C3H5NO2/c5-3-1-2-4-6/h5H,1,3H2. The van der Waals surface area contributed by atoms with Crippen molar-refractivity contribution in [1.82, 2.24) is 0 Å². The van der Waals surface area contributed by atoms with Gasteiger partial charge in [0, 0.05) is 5.01 Å². The Morgan fingerprint density at radius 3 is 2.67 bits per heavy atom. The minimum absolute atomic E-state index is 0.0499. The first-order chi connectivity index (χ1) is 2.91. The largest absolute Gasteiger partial charge is 0.498 e. The van der Waals surface area contributed by atoms with E-state index in [9.17, 15) is 0 Å². The zero-order chi connectivity index (χ0) is 4.83. The first-order valence-corrected chi connectivity index (χ1v) is 1.58. The summed E-state index contributed by atoms with van der Waals surface area (Å²) in [6, 6.07) is 2.02. The lowest BCUT2D eigenvalue weighted by Gasteiger charge is -1.65. The van der Waals surface area contributed by atoms with Gasteiger partial charge in [0.1, 0.15) is 6.42 Å². The molecule has 0 aliphatic rings. The summed E-state index contributed by atoms with van der Waals surface area (Å²) < 4.78 is 0. The molecule has 6 heavy (non-hydrogen) atoms. The van der Waals surface area contributed by atoms with E-state index in [1.165, 1.54) is 0 Å². The molecule has 0 aliphatic heterocycles. The molecule has 0 unspecified atom stereocenters. The Morgan fingerprint density at radius 1 is 1.83 bits per heavy atom. The Kier molecular flexibility index (Phi) is 3.72. The number of nitrogens with zero attached hydrogens (tertiary/aromatic N) is 1. The highest BCUT2D eigenvalue weighted by Crippen LogP contribution is 1.68. The van der Waals surface area contributed by atoms with Gasteiger partial charge in [-0.3, -0.25) is 0 Å². The van der Waals surface area contributed by atoms with Crippen LogP contribution >= 0.6 is 0 Å². The molecule has 0 radical (unpaired) electrons. The van der Waals surface area contributed by atoms with E-state index in [4.69, 9.17) is 10.3 Å². The summed E-state index contributed by atoms with van der Waals surface area (Å²) in [5, 5.41) is 19.3. The Bertz CT molecular complexity index is 70.6. The predicted molar refractivity (Wildman–Crippen MR) is 22.3 cm³/mol. The molecule has 3 heteroatoms. The molecule has 0 spiro atoms. The second-order valence-electron chi connectivity index (χ2n) is 0.723. The van der Waals surface area contributed by atoms with Gasteiger partial charge in [0.15, 0.2) is 0 Å². The van der Waals surface area contributed by atoms with Crippen molar-refractivity contribution in [3.8, 4) is 6.07 Å². The zero-order valence-electron chi connectivity index (χ0n) is 3.22. The second-order valence-corrected chi connectivity index (χ2v) is 0.723. The molecular formula is C3H5NO2. The van der Waals surface area contributed by atoms with Gasteiger partial charge in [-0.05, 0) is 0 Å². The molecule has 0 saturated heterocycles. The van der Waals surface area contributed by atoms with Crippen LogP contribution in [-0.4, -0.2) is 11.7 Å².